The molecule has 0 aliphatic rings. The van der Waals surface area contributed by atoms with E-state index in [2.05, 4.69) is 18.6 Å². The van der Waals surface area contributed by atoms with E-state index in [0.717, 1.165) is 6.42 Å². The minimum absolute atomic E-state index is 0.0370. The van der Waals surface area contributed by atoms with Crippen molar-refractivity contribution in [3.63, 3.8) is 0 Å². The largest absolute Gasteiger partial charge is 0.469 e. The van der Waals surface area contributed by atoms with Crippen LogP contribution in [0.1, 0.15) is 27.2 Å². The van der Waals surface area contributed by atoms with Crippen molar-refractivity contribution in [2.45, 2.75) is 27.2 Å². The zero-order valence-corrected chi connectivity index (χ0v) is 7.18. The smallest absolute Gasteiger partial charge is 0.308 e. The minimum Gasteiger partial charge on any atom is -0.469 e. The lowest BCUT2D eigenvalue weighted by atomic mass is 9.94. The summed E-state index contributed by atoms with van der Waals surface area (Å²) in [6, 6.07) is 0. The molecule has 10 heavy (non-hydrogen) atoms. The number of ether oxygens (including phenoxy) is 1. The number of carbonyl (C=O) groups excluding carboxylic acids is 1. The lowest BCUT2D eigenvalue weighted by molar-refractivity contribution is -0.146. The average molecular weight is 144 g/mol. The van der Waals surface area contributed by atoms with Crippen LogP contribution < -0.4 is 0 Å². The second kappa shape index (κ2) is 4.31. The quantitative estimate of drug-likeness (QED) is 0.565. The predicted octanol–water partition coefficient (Wildman–Crippen LogP) is 1.84. The van der Waals surface area contributed by atoms with E-state index in [0.29, 0.717) is 5.92 Å². The van der Waals surface area contributed by atoms with Gasteiger partial charge in [-0.25, -0.2) is 0 Å². The molecule has 0 radical (unpaired) electrons. The van der Waals surface area contributed by atoms with Crippen LogP contribution in [0.3, 0.4) is 0 Å². The summed E-state index contributed by atoms with van der Waals surface area (Å²) in [5.74, 6) is 0.358. The molecule has 0 amide bonds. The van der Waals surface area contributed by atoms with Gasteiger partial charge in [0.15, 0.2) is 0 Å². The lowest BCUT2D eigenvalue weighted by Gasteiger charge is -2.14. The average Bonchev–Trinajstić information content (AvgIpc) is 2.00. The molecule has 0 aromatic heterocycles. The number of methoxy groups -OCH3 is 1. The van der Waals surface area contributed by atoms with Crippen molar-refractivity contribution in [1.29, 1.82) is 0 Å². The van der Waals surface area contributed by atoms with Gasteiger partial charge in [0, 0.05) is 0 Å². The van der Waals surface area contributed by atoms with Crippen molar-refractivity contribution < 1.29 is 9.53 Å². The van der Waals surface area contributed by atoms with E-state index < -0.39 is 0 Å². The number of hydrogen-bond donors (Lipinski definition) is 0. The van der Waals surface area contributed by atoms with E-state index in [-0.39, 0.29) is 11.9 Å². The molecule has 2 nitrogen and oxygen atoms in total. The third kappa shape index (κ3) is 2.38. The van der Waals surface area contributed by atoms with Crippen LogP contribution >= 0.6 is 0 Å². The van der Waals surface area contributed by atoms with Gasteiger partial charge in [-0.1, -0.05) is 27.2 Å². The number of rotatable bonds is 3. The van der Waals surface area contributed by atoms with Gasteiger partial charge in [-0.15, -0.1) is 0 Å². The van der Waals surface area contributed by atoms with Gasteiger partial charge in [-0.2, -0.15) is 0 Å². The highest BCUT2D eigenvalue weighted by atomic mass is 16.5. The minimum atomic E-state index is -0.102. The fourth-order valence-electron chi connectivity index (χ4n) is 0.772. The van der Waals surface area contributed by atoms with Crippen LogP contribution in [-0.4, -0.2) is 13.1 Å². The fourth-order valence-corrected chi connectivity index (χ4v) is 0.772. The summed E-state index contributed by atoms with van der Waals surface area (Å²) in [5, 5.41) is 0. The van der Waals surface area contributed by atoms with E-state index in [1.807, 2.05) is 6.92 Å². The number of hydrogen-bond acceptors (Lipinski definition) is 2. The Labute approximate surface area is 62.6 Å². The summed E-state index contributed by atoms with van der Waals surface area (Å²) in [4.78, 5) is 10.9. The van der Waals surface area contributed by atoms with Gasteiger partial charge in [0.2, 0.25) is 0 Å². The van der Waals surface area contributed by atoms with Crippen LogP contribution in [0, 0.1) is 11.8 Å². The van der Waals surface area contributed by atoms with Gasteiger partial charge in [0.1, 0.15) is 0 Å². The standard InChI is InChI=1S/C8H16O2/c1-5-6(2)7(3)8(9)10-4/h6-7H,5H2,1-4H3. The van der Waals surface area contributed by atoms with Gasteiger partial charge in [-0.3, -0.25) is 4.79 Å². The molecule has 0 rings (SSSR count). The Balaban J connectivity index is 3.81. The van der Waals surface area contributed by atoms with Gasteiger partial charge >= 0.3 is 5.97 Å². The Morgan fingerprint density at radius 1 is 1.50 bits per heavy atom. The normalized spacial score (nSPS) is 16.0. The Morgan fingerprint density at radius 3 is 2.30 bits per heavy atom. The zero-order valence-electron chi connectivity index (χ0n) is 7.18. The molecule has 0 aliphatic heterocycles. The van der Waals surface area contributed by atoms with E-state index in [1.54, 1.807) is 0 Å². The van der Waals surface area contributed by atoms with Crippen molar-refractivity contribution in [2.24, 2.45) is 11.8 Å². The highest BCUT2D eigenvalue weighted by Crippen LogP contribution is 2.15. The highest BCUT2D eigenvalue weighted by molar-refractivity contribution is 5.72. The van der Waals surface area contributed by atoms with Crippen LogP contribution in [-0.2, 0) is 9.53 Å². The first-order chi connectivity index (χ1) is 4.63. The van der Waals surface area contributed by atoms with E-state index >= 15 is 0 Å². The molecule has 60 valence electrons. The van der Waals surface area contributed by atoms with Crippen molar-refractivity contribution in [2.75, 3.05) is 7.11 Å². The maximum absolute atomic E-state index is 10.9. The molecule has 0 aromatic carbocycles. The molecule has 0 N–H and O–H groups in total. The summed E-state index contributed by atoms with van der Waals surface area (Å²) in [6.07, 6.45) is 1.02. The molecular formula is C8H16O2. The van der Waals surface area contributed by atoms with Gasteiger partial charge in [0.25, 0.3) is 0 Å². The summed E-state index contributed by atoms with van der Waals surface area (Å²) < 4.78 is 4.60. The molecule has 2 heteroatoms. The monoisotopic (exact) mass is 144 g/mol. The summed E-state index contributed by atoms with van der Waals surface area (Å²) in [5.41, 5.74) is 0. The van der Waals surface area contributed by atoms with Crippen LogP contribution in [0.15, 0.2) is 0 Å². The Kier molecular flexibility index (Phi) is 4.08. The molecule has 2 atom stereocenters. The molecule has 2 unspecified atom stereocenters. The zero-order chi connectivity index (χ0) is 8.15. The third-order valence-electron chi connectivity index (χ3n) is 2.07. The van der Waals surface area contributed by atoms with Crippen molar-refractivity contribution >= 4 is 5.97 Å². The number of esters is 1. The van der Waals surface area contributed by atoms with Crippen LogP contribution in [0.5, 0.6) is 0 Å². The molecule has 0 fully saturated rings. The van der Waals surface area contributed by atoms with Crippen molar-refractivity contribution in [1.82, 2.24) is 0 Å². The topological polar surface area (TPSA) is 26.3 Å². The second-order valence-electron chi connectivity index (χ2n) is 2.70. The maximum atomic E-state index is 10.9. The second-order valence-corrected chi connectivity index (χ2v) is 2.70. The molecular weight excluding hydrogens is 128 g/mol. The van der Waals surface area contributed by atoms with E-state index in [1.165, 1.54) is 7.11 Å². The molecule has 0 bridgehead atoms. The Hall–Kier alpha value is -0.530. The first-order valence-electron chi connectivity index (χ1n) is 3.71. The third-order valence-corrected chi connectivity index (χ3v) is 2.07. The molecule has 0 heterocycles. The first kappa shape index (κ1) is 9.47. The van der Waals surface area contributed by atoms with Crippen molar-refractivity contribution in [3.05, 3.63) is 0 Å². The highest BCUT2D eigenvalue weighted by Gasteiger charge is 2.18. The first-order valence-corrected chi connectivity index (χ1v) is 3.71. The SMILES string of the molecule is CCC(C)C(C)C(=O)OC. The molecule has 0 aromatic rings. The van der Waals surface area contributed by atoms with Crippen LogP contribution in [0.2, 0.25) is 0 Å². The molecule has 0 saturated carbocycles. The lowest BCUT2D eigenvalue weighted by Crippen LogP contribution is -2.19. The predicted molar refractivity (Wildman–Crippen MR) is 40.6 cm³/mol. The molecule has 0 spiro atoms. The molecule has 0 aliphatic carbocycles. The number of carbonyl (C=O) groups is 1. The van der Waals surface area contributed by atoms with Gasteiger partial charge in [0.05, 0.1) is 13.0 Å². The fraction of sp³-hybridized carbons (Fsp3) is 0.875. The van der Waals surface area contributed by atoms with E-state index in [9.17, 15) is 4.79 Å². The van der Waals surface area contributed by atoms with Gasteiger partial charge < -0.3 is 4.74 Å². The maximum Gasteiger partial charge on any atom is 0.308 e. The molecule has 0 saturated heterocycles. The summed E-state index contributed by atoms with van der Waals surface area (Å²) in [7, 11) is 1.43. The van der Waals surface area contributed by atoms with Crippen LogP contribution in [0.25, 0.3) is 0 Å². The Morgan fingerprint density at radius 2 is 2.00 bits per heavy atom. The van der Waals surface area contributed by atoms with E-state index in [4.69, 9.17) is 0 Å². The van der Waals surface area contributed by atoms with Crippen molar-refractivity contribution in [3.8, 4) is 0 Å². The summed E-state index contributed by atoms with van der Waals surface area (Å²) >= 11 is 0. The van der Waals surface area contributed by atoms with Crippen LogP contribution in [0.4, 0.5) is 0 Å². The summed E-state index contributed by atoms with van der Waals surface area (Å²) in [6.45, 7) is 6.03. The van der Waals surface area contributed by atoms with Gasteiger partial charge in [-0.05, 0) is 5.92 Å². The Bertz CT molecular complexity index is 110.